The summed E-state index contributed by atoms with van der Waals surface area (Å²) in [5, 5.41) is 2.90. The van der Waals surface area contributed by atoms with Gasteiger partial charge in [0.25, 0.3) is 0 Å². The summed E-state index contributed by atoms with van der Waals surface area (Å²) in [5.41, 5.74) is 0.933. The van der Waals surface area contributed by atoms with E-state index in [0.29, 0.717) is 19.5 Å². The van der Waals surface area contributed by atoms with Crippen LogP contribution in [0.1, 0.15) is 45.1 Å². The van der Waals surface area contributed by atoms with Gasteiger partial charge in [0.1, 0.15) is 6.04 Å². The molecule has 0 aromatic heterocycles. The molecule has 1 atom stereocenters. The van der Waals surface area contributed by atoms with Crippen LogP contribution in [0, 0.1) is 0 Å². The zero-order chi connectivity index (χ0) is 24.3. The molecule has 0 aliphatic carbocycles. The fourth-order valence-corrected chi connectivity index (χ4v) is 4.62. The van der Waals surface area contributed by atoms with E-state index in [9.17, 15) is 18.0 Å². The van der Waals surface area contributed by atoms with Crippen LogP contribution >= 0.6 is 0 Å². The number of sulfonamides is 1. The lowest BCUT2D eigenvalue weighted by Crippen LogP contribution is -2.47. The first-order valence-electron chi connectivity index (χ1n) is 11.4. The van der Waals surface area contributed by atoms with Crippen molar-refractivity contribution < 1.29 is 18.0 Å². The Kier molecular flexibility index (Phi) is 10.5. The normalized spacial score (nSPS) is 12.4. The molecule has 0 saturated carbocycles. The fourth-order valence-electron chi connectivity index (χ4n) is 3.39. The zero-order valence-electron chi connectivity index (χ0n) is 19.7. The molecule has 7 nitrogen and oxygen atoms in total. The molecule has 2 aromatic rings. The van der Waals surface area contributed by atoms with Gasteiger partial charge in [-0.25, -0.2) is 12.7 Å². The molecule has 1 unspecified atom stereocenters. The molecule has 1 N–H and O–H groups in total. The second-order valence-electron chi connectivity index (χ2n) is 8.07. The summed E-state index contributed by atoms with van der Waals surface area (Å²) < 4.78 is 26.6. The Morgan fingerprint density at radius 2 is 1.58 bits per heavy atom. The van der Waals surface area contributed by atoms with Gasteiger partial charge in [-0.05, 0) is 37.5 Å². The number of rotatable bonds is 13. The lowest BCUT2D eigenvalue weighted by molar-refractivity contribution is -0.140. The van der Waals surface area contributed by atoms with E-state index in [-0.39, 0.29) is 29.7 Å². The molecule has 0 fully saturated rings. The van der Waals surface area contributed by atoms with Gasteiger partial charge >= 0.3 is 0 Å². The highest BCUT2D eigenvalue weighted by Crippen LogP contribution is 2.16. The molecule has 8 heteroatoms. The predicted octanol–water partition coefficient (Wildman–Crippen LogP) is 3.42. The van der Waals surface area contributed by atoms with Crippen molar-refractivity contribution in [2.45, 2.75) is 57.0 Å². The molecular weight excluding hydrogens is 438 g/mol. The second-order valence-corrected chi connectivity index (χ2v) is 10.1. The molecular formula is C25H35N3O4S. The third-order valence-electron chi connectivity index (χ3n) is 5.51. The SMILES string of the molecule is CCCCNC(=O)C(C)N(Cc1ccccc1)C(=O)CCCN(C)S(=O)(=O)c1ccccc1. The highest BCUT2D eigenvalue weighted by Gasteiger charge is 2.26. The van der Waals surface area contributed by atoms with Gasteiger partial charge in [-0.3, -0.25) is 9.59 Å². The molecule has 180 valence electrons. The maximum absolute atomic E-state index is 13.1. The van der Waals surface area contributed by atoms with Crippen molar-refractivity contribution in [3.8, 4) is 0 Å². The summed E-state index contributed by atoms with van der Waals surface area (Å²) in [5.74, 6) is -0.362. The Bertz CT molecular complexity index is 981. The molecule has 0 saturated heterocycles. The lowest BCUT2D eigenvalue weighted by atomic mass is 10.1. The van der Waals surface area contributed by atoms with Crippen LogP contribution in [-0.4, -0.2) is 55.6 Å². The first kappa shape index (κ1) is 26.5. The van der Waals surface area contributed by atoms with Crippen LogP contribution in [0.15, 0.2) is 65.6 Å². The van der Waals surface area contributed by atoms with Gasteiger partial charge in [0.15, 0.2) is 0 Å². The lowest BCUT2D eigenvalue weighted by Gasteiger charge is -2.29. The molecule has 0 aliphatic rings. The van der Waals surface area contributed by atoms with E-state index in [0.717, 1.165) is 18.4 Å². The van der Waals surface area contributed by atoms with Crippen LogP contribution in [0.2, 0.25) is 0 Å². The number of carbonyl (C=O) groups excluding carboxylic acids is 2. The van der Waals surface area contributed by atoms with Gasteiger partial charge in [0.2, 0.25) is 21.8 Å². The largest absolute Gasteiger partial charge is 0.354 e. The van der Waals surface area contributed by atoms with E-state index in [4.69, 9.17) is 0 Å². The second kappa shape index (κ2) is 13.1. The number of hydrogen-bond acceptors (Lipinski definition) is 4. The molecule has 0 bridgehead atoms. The quantitative estimate of drug-likeness (QED) is 0.452. The van der Waals surface area contributed by atoms with E-state index in [1.807, 2.05) is 30.3 Å². The molecule has 2 amide bonds. The summed E-state index contributed by atoms with van der Waals surface area (Å²) in [6, 6.07) is 17.1. The van der Waals surface area contributed by atoms with Crippen molar-refractivity contribution in [3.63, 3.8) is 0 Å². The van der Waals surface area contributed by atoms with Crippen LogP contribution in [-0.2, 0) is 26.2 Å². The number of benzene rings is 2. The summed E-state index contributed by atoms with van der Waals surface area (Å²) in [6.45, 7) is 4.89. The molecule has 2 aromatic carbocycles. The van der Waals surface area contributed by atoms with Crippen molar-refractivity contribution in [1.82, 2.24) is 14.5 Å². The topological polar surface area (TPSA) is 86.8 Å². The van der Waals surface area contributed by atoms with Gasteiger partial charge in [0.05, 0.1) is 4.90 Å². The number of hydrogen-bond donors (Lipinski definition) is 1. The molecule has 0 radical (unpaired) electrons. The molecule has 2 rings (SSSR count). The summed E-state index contributed by atoms with van der Waals surface area (Å²) in [4.78, 5) is 27.5. The highest BCUT2D eigenvalue weighted by atomic mass is 32.2. The summed E-state index contributed by atoms with van der Waals surface area (Å²) in [7, 11) is -2.09. The fraction of sp³-hybridized carbons (Fsp3) is 0.440. The van der Waals surface area contributed by atoms with Crippen molar-refractivity contribution in [3.05, 3.63) is 66.2 Å². The molecule has 0 heterocycles. The smallest absolute Gasteiger partial charge is 0.242 e. The van der Waals surface area contributed by atoms with Crippen molar-refractivity contribution in [2.75, 3.05) is 20.1 Å². The van der Waals surface area contributed by atoms with Crippen molar-refractivity contribution in [1.29, 1.82) is 0 Å². The van der Waals surface area contributed by atoms with Crippen LogP contribution in [0.3, 0.4) is 0 Å². The average molecular weight is 474 g/mol. The Morgan fingerprint density at radius 1 is 0.970 bits per heavy atom. The molecule has 0 aliphatic heterocycles. The molecule has 33 heavy (non-hydrogen) atoms. The van der Waals surface area contributed by atoms with Crippen molar-refractivity contribution in [2.24, 2.45) is 0 Å². The number of nitrogens with one attached hydrogen (secondary N) is 1. The minimum atomic E-state index is -3.60. The third-order valence-corrected chi connectivity index (χ3v) is 7.38. The molecule has 0 spiro atoms. The first-order valence-corrected chi connectivity index (χ1v) is 12.8. The van der Waals surface area contributed by atoms with Gasteiger partial charge in [0, 0.05) is 33.1 Å². The minimum Gasteiger partial charge on any atom is -0.354 e. The predicted molar refractivity (Wildman–Crippen MR) is 130 cm³/mol. The van der Waals surface area contributed by atoms with Crippen LogP contribution in [0.25, 0.3) is 0 Å². The monoisotopic (exact) mass is 473 g/mol. The van der Waals surface area contributed by atoms with Gasteiger partial charge in [-0.2, -0.15) is 0 Å². The number of unbranched alkanes of at least 4 members (excludes halogenated alkanes) is 1. The Balaban J connectivity index is 2.02. The summed E-state index contributed by atoms with van der Waals surface area (Å²) >= 11 is 0. The van der Waals surface area contributed by atoms with E-state index in [2.05, 4.69) is 12.2 Å². The highest BCUT2D eigenvalue weighted by molar-refractivity contribution is 7.89. The minimum absolute atomic E-state index is 0.147. The van der Waals surface area contributed by atoms with Gasteiger partial charge < -0.3 is 10.2 Å². The van der Waals surface area contributed by atoms with Gasteiger partial charge in [-0.1, -0.05) is 61.9 Å². The Labute approximate surface area is 197 Å². The Hall–Kier alpha value is -2.71. The van der Waals surface area contributed by atoms with E-state index in [1.54, 1.807) is 42.2 Å². The summed E-state index contributed by atoms with van der Waals surface area (Å²) in [6.07, 6.45) is 2.36. The first-order chi connectivity index (χ1) is 15.8. The van der Waals surface area contributed by atoms with Crippen LogP contribution < -0.4 is 5.32 Å². The number of amides is 2. The van der Waals surface area contributed by atoms with E-state index >= 15 is 0 Å². The van der Waals surface area contributed by atoms with Crippen LogP contribution in [0.5, 0.6) is 0 Å². The third kappa shape index (κ3) is 7.98. The maximum atomic E-state index is 13.1. The standard InChI is InChI=1S/C25H35N3O4S/c1-4-5-18-26-25(30)21(2)28(20-22-13-8-6-9-14-22)24(29)17-12-19-27(3)33(31,32)23-15-10-7-11-16-23/h6-11,13-16,21H,4-5,12,17-20H2,1-3H3,(H,26,30). The van der Waals surface area contributed by atoms with E-state index < -0.39 is 16.1 Å². The van der Waals surface area contributed by atoms with Crippen molar-refractivity contribution >= 4 is 21.8 Å². The number of nitrogens with zero attached hydrogens (tertiary/aromatic N) is 2. The van der Waals surface area contributed by atoms with Crippen LogP contribution in [0.4, 0.5) is 0 Å². The zero-order valence-corrected chi connectivity index (χ0v) is 20.6. The average Bonchev–Trinajstić information content (AvgIpc) is 2.83. The van der Waals surface area contributed by atoms with E-state index in [1.165, 1.54) is 11.4 Å². The number of carbonyl (C=O) groups is 2. The van der Waals surface area contributed by atoms with Gasteiger partial charge in [-0.15, -0.1) is 0 Å². The maximum Gasteiger partial charge on any atom is 0.242 e. The Morgan fingerprint density at radius 3 is 2.18 bits per heavy atom.